The van der Waals surface area contributed by atoms with Gasteiger partial charge >= 0.3 is 0 Å². The van der Waals surface area contributed by atoms with Crippen LogP contribution in [0.3, 0.4) is 0 Å². The second-order valence-electron chi connectivity index (χ2n) is 8.86. The number of aryl methyl sites for hydroxylation is 1. The minimum Gasteiger partial charge on any atom is -0.469 e. The number of fused-ring (bicyclic) bond motifs is 1. The lowest BCUT2D eigenvalue weighted by molar-refractivity contribution is 0.156. The number of hydrogen-bond acceptors (Lipinski definition) is 3. The topological polar surface area (TPSA) is 50.0 Å². The molecule has 0 saturated carbocycles. The van der Waals surface area contributed by atoms with E-state index >= 15 is 0 Å². The van der Waals surface area contributed by atoms with Crippen LogP contribution in [0.2, 0.25) is 0 Å². The molecule has 1 N–H and O–H groups in total. The molecule has 0 radical (unpaired) electrons. The Hall–Kier alpha value is -1.54. The Balaban J connectivity index is 0.00000218. The summed E-state index contributed by atoms with van der Waals surface area (Å²) in [4.78, 5) is 7.49. The predicted octanol–water partition coefficient (Wildman–Crippen LogP) is 4.06. The lowest BCUT2D eigenvalue weighted by Crippen LogP contribution is -2.48. The van der Waals surface area contributed by atoms with Gasteiger partial charge in [0, 0.05) is 44.1 Å². The van der Waals surface area contributed by atoms with Crippen LogP contribution in [0.1, 0.15) is 36.1 Å². The Morgan fingerprint density at radius 2 is 2.07 bits per heavy atom. The van der Waals surface area contributed by atoms with Crippen molar-refractivity contribution in [1.29, 1.82) is 0 Å². The number of aliphatic imine (C=N–C) groups is 1. The molecule has 2 fully saturated rings. The first-order valence-electron chi connectivity index (χ1n) is 11.0. The van der Waals surface area contributed by atoms with Crippen LogP contribution in [-0.2, 0) is 24.0 Å². The highest BCUT2D eigenvalue weighted by atomic mass is 127. The number of nitrogens with zero attached hydrogens (tertiary/aromatic N) is 2. The SMILES string of the molecule is I.c1coc(CCN=C(NC2CCc3ccccc3C2)N2CCC3(CCOC3)C2)c1. The van der Waals surface area contributed by atoms with E-state index in [4.69, 9.17) is 14.1 Å². The average Bonchev–Trinajstić information content (AvgIpc) is 3.51. The number of furan rings is 1. The zero-order valence-corrected chi connectivity index (χ0v) is 19.8. The van der Waals surface area contributed by atoms with E-state index in [-0.39, 0.29) is 24.0 Å². The largest absolute Gasteiger partial charge is 0.469 e. The van der Waals surface area contributed by atoms with Crippen molar-refractivity contribution in [3.63, 3.8) is 0 Å². The quantitative estimate of drug-likeness (QED) is 0.375. The van der Waals surface area contributed by atoms with Crippen molar-refractivity contribution in [3.05, 3.63) is 59.5 Å². The predicted molar refractivity (Wildman–Crippen MR) is 130 cm³/mol. The van der Waals surface area contributed by atoms with E-state index in [0.29, 0.717) is 11.5 Å². The van der Waals surface area contributed by atoms with Crippen molar-refractivity contribution >= 4 is 29.9 Å². The maximum atomic E-state index is 5.73. The number of hydrogen-bond donors (Lipinski definition) is 1. The molecule has 1 spiro atoms. The molecule has 2 saturated heterocycles. The van der Waals surface area contributed by atoms with Gasteiger partial charge in [0.25, 0.3) is 0 Å². The van der Waals surface area contributed by atoms with Gasteiger partial charge in [-0.2, -0.15) is 0 Å². The molecule has 2 aromatic rings. The standard InChI is InChI=1S/C24H31N3O2.HI/c1-2-5-20-16-21(8-7-19(20)4-1)26-23(25-12-9-22-6-3-14-29-22)27-13-10-24(17-27)11-15-28-18-24;/h1-6,14,21H,7-13,15-18H2,(H,25,26);1H. The van der Waals surface area contributed by atoms with E-state index in [0.717, 1.165) is 70.3 Å². The van der Waals surface area contributed by atoms with Gasteiger partial charge < -0.3 is 19.4 Å². The van der Waals surface area contributed by atoms with Crippen molar-refractivity contribution in [2.45, 2.75) is 44.6 Å². The molecule has 2 aliphatic heterocycles. The average molecular weight is 521 g/mol. The maximum Gasteiger partial charge on any atom is 0.194 e. The molecule has 1 aliphatic carbocycles. The van der Waals surface area contributed by atoms with Gasteiger partial charge in [-0.25, -0.2) is 0 Å². The van der Waals surface area contributed by atoms with E-state index in [1.165, 1.54) is 24.0 Å². The summed E-state index contributed by atoms with van der Waals surface area (Å²) < 4.78 is 11.2. The molecule has 2 unspecified atom stereocenters. The summed E-state index contributed by atoms with van der Waals surface area (Å²) >= 11 is 0. The van der Waals surface area contributed by atoms with E-state index in [2.05, 4.69) is 34.5 Å². The van der Waals surface area contributed by atoms with Gasteiger partial charge in [-0.1, -0.05) is 24.3 Å². The Morgan fingerprint density at radius 3 is 2.87 bits per heavy atom. The molecule has 3 heterocycles. The van der Waals surface area contributed by atoms with Crippen LogP contribution < -0.4 is 5.32 Å². The Bertz CT molecular complexity index is 846. The highest BCUT2D eigenvalue weighted by molar-refractivity contribution is 14.0. The molecule has 3 aliphatic rings. The van der Waals surface area contributed by atoms with Crippen LogP contribution in [0, 0.1) is 5.41 Å². The van der Waals surface area contributed by atoms with Gasteiger partial charge in [0.2, 0.25) is 0 Å². The second kappa shape index (κ2) is 9.73. The molecule has 0 amide bonds. The fraction of sp³-hybridized carbons (Fsp3) is 0.542. The minimum absolute atomic E-state index is 0. The van der Waals surface area contributed by atoms with Gasteiger partial charge in [-0.05, 0) is 55.4 Å². The summed E-state index contributed by atoms with van der Waals surface area (Å²) in [5, 5.41) is 3.83. The Labute approximate surface area is 196 Å². The van der Waals surface area contributed by atoms with Gasteiger partial charge in [-0.15, -0.1) is 24.0 Å². The summed E-state index contributed by atoms with van der Waals surface area (Å²) in [7, 11) is 0. The number of rotatable bonds is 4. The first-order valence-corrected chi connectivity index (χ1v) is 11.0. The zero-order valence-electron chi connectivity index (χ0n) is 17.5. The molecule has 5 nitrogen and oxygen atoms in total. The van der Waals surface area contributed by atoms with Gasteiger partial charge in [0.05, 0.1) is 12.9 Å². The van der Waals surface area contributed by atoms with Crippen LogP contribution in [-0.4, -0.2) is 49.7 Å². The fourth-order valence-corrected chi connectivity index (χ4v) is 5.05. The second-order valence-corrected chi connectivity index (χ2v) is 8.86. The molecule has 5 rings (SSSR count). The summed E-state index contributed by atoms with van der Waals surface area (Å²) in [6.07, 6.45) is 8.35. The number of guanidine groups is 1. The number of benzene rings is 1. The molecule has 1 aromatic carbocycles. The summed E-state index contributed by atoms with van der Waals surface area (Å²) in [6.45, 7) is 4.69. The van der Waals surface area contributed by atoms with Crippen LogP contribution in [0.5, 0.6) is 0 Å². The number of halogens is 1. The lowest BCUT2D eigenvalue weighted by atomic mass is 9.87. The van der Waals surface area contributed by atoms with E-state index in [9.17, 15) is 0 Å². The fourth-order valence-electron chi connectivity index (χ4n) is 5.05. The lowest BCUT2D eigenvalue weighted by Gasteiger charge is -2.31. The van der Waals surface area contributed by atoms with Gasteiger partial charge in [0.1, 0.15) is 5.76 Å². The number of nitrogens with one attached hydrogen (secondary N) is 1. The highest BCUT2D eigenvalue weighted by Gasteiger charge is 2.42. The van der Waals surface area contributed by atoms with Gasteiger partial charge in [-0.3, -0.25) is 4.99 Å². The maximum absolute atomic E-state index is 5.73. The number of ether oxygens (including phenoxy) is 1. The number of likely N-dealkylation sites (tertiary alicyclic amines) is 1. The summed E-state index contributed by atoms with van der Waals surface area (Å²) in [5.41, 5.74) is 3.32. The highest BCUT2D eigenvalue weighted by Crippen LogP contribution is 2.38. The van der Waals surface area contributed by atoms with E-state index in [1.54, 1.807) is 6.26 Å². The molecular formula is C24H32IN3O2. The van der Waals surface area contributed by atoms with Gasteiger partial charge in [0.15, 0.2) is 5.96 Å². The first-order chi connectivity index (χ1) is 14.3. The molecule has 30 heavy (non-hydrogen) atoms. The molecule has 0 bridgehead atoms. The minimum atomic E-state index is 0. The first kappa shape index (κ1) is 21.7. The van der Waals surface area contributed by atoms with Crippen molar-refractivity contribution in [3.8, 4) is 0 Å². The van der Waals surface area contributed by atoms with Crippen LogP contribution in [0.4, 0.5) is 0 Å². The smallest absolute Gasteiger partial charge is 0.194 e. The Kier molecular flexibility index (Phi) is 7.03. The third-order valence-corrected chi connectivity index (χ3v) is 6.80. The molecule has 162 valence electrons. The van der Waals surface area contributed by atoms with Crippen molar-refractivity contribution in [1.82, 2.24) is 10.2 Å². The van der Waals surface area contributed by atoms with Crippen LogP contribution >= 0.6 is 24.0 Å². The van der Waals surface area contributed by atoms with Crippen LogP contribution in [0.25, 0.3) is 0 Å². The molecular weight excluding hydrogens is 489 g/mol. The normalized spacial score (nSPS) is 25.9. The van der Waals surface area contributed by atoms with Crippen molar-refractivity contribution in [2.24, 2.45) is 10.4 Å². The Morgan fingerprint density at radius 1 is 1.17 bits per heavy atom. The molecule has 1 aromatic heterocycles. The third kappa shape index (κ3) is 4.85. The van der Waals surface area contributed by atoms with E-state index in [1.807, 2.05) is 12.1 Å². The molecule has 6 heteroatoms. The zero-order chi connectivity index (χ0) is 19.5. The third-order valence-electron chi connectivity index (χ3n) is 6.80. The van der Waals surface area contributed by atoms with Crippen molar-refractivity contribution in [2.75, 3.05) is 32.8 Å². The van der Waals surface area contributed by atoms with E-state index < -0.39 is 0 Å². The summed E-state index contributed by atoms with van der Waals surface area (Å²) in [5.74, 6) is 2.08. The van der Waals surface area contributed by atoms with Crippen LogP contribution in [0.15, 0.2) is 52.1 Å². The monoisotopic (exact) mass is 521 g/mol. The summed E-state index contributed by atoms with van der Waals surface area (Å²) in [6, 6.07) is 13.3. The molecule has 2 atom stereocenters. The van der Waals surface area contributed by atoms with Crippen molar-refractivity contribution < 1.29 is 9.15 Å².